The van der Waals surface area contributed by atoms with Crippen molar-refractivity contribution in [3.63, 3.8) is 0 Å². The van der Waals surface area contributed by atoms with Crippen molar-refractivity contribution in [3.8, 4) is 5.75 Å². The van der Waals surface area contributed by atoms with Crippen molar-refractivity contribution in [1.29, 1.82) is 0 Å². The monoisotopic (exact) mass is 543 g/mol. The van der Waals surface area contributed by atoms with E-state index in [4.69, 9.17) is 9.47 Å². The number of hydrogen-bond donors (Lipinski definition) is 1. The molecular formula is C27H34BrN3O4. The van der Waals surface area contributed by atoms with Crippen LogP contribution in [-0.2, 0) is 20.7 Å². The molecule has 0 radical (unpaired) electrons. The zero-order valence-corrected chi connectivity index (χ0v) is 21.8. The van der Waals surface area contributed by atoms with Gasteiger partial charge in [-0.3, -0.25) is 14.5 Å². The summed E-state index contributed by atoms with van der Waals surface area (Å²) in [6.45, 7) is 4.54. The number of ether oxygens (including phenoxy) is 2. The van der Waals surface area contributed by atoms with Crippen LogP contribution in [0.1, 0.15) is 36.4 Å². The maximum absolute atomic E-state index is 13.5. The molecular weight excluding hydrogens is 510 g/mol. The predicted molar refractivity (Wildman–Crippen MR) is 138 cm³/mol. The molecule has 4 rings (SSSR count). The molecule has 0 aromatic heterocycles. The molecule has 1 atom stereocenters. The Kier molecular flexibility index (Phi) is 9.18. The predicted octanol–water partition coefficient (Wildman–Crippen LogP) is 3.57. The van der Waals surface area contributed by atoms with Crippen molar-refractivity contribution >= 4 is 27.7 Å². The van der Waals surface area contributed by atoms with Crippen LogP contribution >= 0.6 is 15.9 Å². The molecule has 0 spiro atoms. The van der Waals surface area contributed by atoms with E-state index in [0.29, 0.717) is 19.4 Å². The Labute approximate surface area is 215 Å². The number of halogens is 1. The van der Waals surface area contributed by atoms with Crippen molar-refractivity contribution in [2.24, 2.45) is 0 Å². The van der Waals surface area contributed by atoms with Crippen LogP contribution in [0.2, 0.25) is 0 Å². The standard InChI is InChI=1S/C27H34BrN3O4/c1-34-24-11-2-20(3-12-24)4-13-25(32)31(23-9-10-23)26(21-5-7-22(28)8-6-21)27(33)29-14-15-30-16-18-35-19-17-30/h2-3,5-8,11-12,23,26H,4,9-10,13-19H2,1H3,(H,29,33). The number of hydrogen-bond acceptors (Lipinski definition) is 5. The van der Waals surface area contributed by atoms with Gasteiger partial charge in [0.25, 0.3) is 0 Å². The summed E-state index contributed by atoms with van der Waals surface area (Å²) in [5, 5.41) is 3.11. The Hall–Kier alpha value is -2.42. The van der Waals surface area contributed by atoms with Gasteiger partial charge in [0.2, 0.25) is 11.8 Å². The maximum Gasteiger partial charge on any atom is 0.247 e. The largest absolute Gasteiger partial charge is 0.497 e. The average molecular weight is 544 g/mol. The molecule has 35 heavy (non-hydrogen) atoms. The summed E-state index contributed by atoms with van der Waals surface area (Å²) < 4.78 is 11.6. The third-order valence-electron chi connectivity index (χ3n) is 6.56. The van der Waals surface area contributed by atoms with Gasteiger partial charge in [-0.15, -0.1) is 0 Å². The SMILES string of the molecule is COc1ccc(CCC(=O)N(C2CC2)C(C(=O)NCCN2CCOCC2)c2ccc(Br)cc2)cc1. The fraction of sp³-hybridized carbons (Fsp3) is 0.481. The van der Waals surface area contributed by atoms with Gasteiger partial charge in [-0.25, -0.2) is 0 Å². The average Bonchev–Trinajstić information content (AvgIpc) is 3.72. The van der Waals surface area contributed by atoms with Crippen molar-refractivity contribution in [1.82, 2.24) is 15.1 Å². The topological polar surface area (TPSA) is 71.1 Å². The fourth-order valence-electron chi connectivity index (χ4n) is 4.43. The van der Waals surface area contributed by atoms with E-state index >= 15 is 0 Å². The van der Waals surface area contributed by atoms with Gasteiger partial charge in [0.05, 0.1) is 20.3 Å². The van der Waals surface area contributed by atoms with Crippen molar-refractivity contribution in [2.45, 2.75) is 37.8 Å². The van der Waals surface area contributed by atoms with E-state index in [1.165, 1.54) is 0 Å². The third kappa shape index (κ3) is 7.29. The number of aryl methyl sites for hydroxylation is 1. The number of methoxy groups -OCH3 is 1. The number of morpholine rings is 1. The molecule has 188 valence electrons. The lowest BCUT2D eigenvalue weighted by atomic mass is 10.0. The minimum atomic E-state index is -0.636. The van der Waals surface area contributed by atoms with Gasteiger partial charge in [0, 0.05) is 43.1 Å². The highest BCUT2D eigenvalue weighted by Gasteiger charge is 2.41. The second-order valence-corrected chi connectivity index (χ2v) is 10.00. The first-order chi connectivity index (χ1) is 17.0. The smallest absolute Gasteiger partial charge is 0.247 e. The number of carbonyl (C=O) groups is 2. The van der Waals surface area contributed by atoms with Crippen molar-refractivity contribution in [3.05, 3.63) is 64.1 Å². The van der Waals surface area contributed by atoms with Gasteiger partial charge in [-0.2, -0.15) is 0 Å². The van der Waals surface area contributed by atoms with E-state index in [1.54, 1.807) is 7.11 Å². The molecule has 1 aliphatic carbocycles. The van der Waals surface area contributed by atoms with Crippen LogP contribution < -0.4 is 10.1 Å². The highest BCUT2D eigenvalue weighted by Crippen LogP contribution is 2.36. The van der Waals surface area contributed by atoms with E-state index < -0.39 is 6.04 Å². The summed E-state index contributed by atoms with van der Waals surface area (Å²) in [6, 6.07) is 15.0. The Morgan fingerprint density at radius 1 is 1.11 bits per heavy atom. The summed E-state index contributed by atoms with van der Waals surface area (Å²) in [4.78, 5) is 31.2. The molecule has 8 heteroatoms. The molecule has 2 amide bonds. The number of benzene rings is 2. The highest BCUT2D eigenvalue weighted by molar-refractivity contribution is 9.10. The number of nitrogens with zero attached hydrogens (tertiary/aromatic N) is 2. The normalized spacial score (nSPS) is 17.0. The Morgan fingerprint density at radius 2 is 1.80 bits per heavy atom. The molecule has 2 aromatic rings. The lowest BCUT2D eigenvalue weighted by Crippen LogP contribution is -2.47. The highest BCUT2D eigenvalue weighted by atomic mass is 79.9. The van der Waals surface area contributed by atoms with Crippen LogP contribution in [-0.4, -0.2) is 74.2 Å². The lowest BCUT2D eigenvalue weighted by Gasteiger charge is -2.32. The van der Waals surface area contributed by atoms with Crippen LogP contribution in [0, 0.1) is 0 Å². The zero-order chi connectivity index (χ0) is 24.6. The van der Waals surface area contributed by atoms with E-state index in [0.717, 1.165) is 67.0 Å². The summed E-state index contributed by atoms with van der Waals surface area (Å²) in [6.07, 6.45) is 2.85. The summed E-state index contributed by atoms with van der Waals surface area (Å²) in [5.41, 5.74) is 1.91. The molecule has 1 unspecified atom stereocenters. The summed E-state index contributed by atoms with van der Waals surface area (Å²) in [7, 11) is 1.64. The van der Waals surface area contributed by atoms with Gasteiger partial charge in [-0.1, -0.05) is 40.2 Å². The van der Waals surface area contributed by atoms with Crippen LogP contribution in [0.15, 0.2) is 53.0 Å². The second kappa shape index (κ2) is 12.5. The zero-order valence-electron chi connectivity index (χ0n) is 20.2. The molecule has 2 fully saturated rings. The first-order valence-electron chi connectivity index (χ1n) is 12.3. The molecule has 0 bridgehead atoms. The van der Waals surface area contributed by atoms with Crippen molar-refractivity contribution in [2.75, 3.05) is 46.5 Å². The molecule has 2 aromatic carbocycles. The molecule has 1 aliphatic heterocycles. The molecule has 7 nitrogen and oxygen atoms in total. The van der Waals surface area contributed by atoms with Crippen molar-refractivity contribution < 1.29 is 19.1 Å². The molecule has 1 saturated heterocycles. The quantitative estimate of drug-likeness (QED) is 0.469. The molecule has 1 saturated carbocycles. The number of rotatable bonds is 11. The van der Waals surface area contributed by atoms with Crippen LogP contribution in [0.25, 0.3) is 0 Å². The Morgan fingerprint density at radius 3 is 2.43 bits per heavy atom. The van der Waals surface area contributed by atoms with Gasteiger partial charge in [0.1, 0.15) is 11.8 Å². The van der Waals surface area contributed by atoms with E-state index in [2.05, 4.69) is 26.1 Å². The number of carbonyl (C=O) groups excluding carboxylic acids is 2. The minimum Gasteiger partial charge on any atom is -0.497 e. The maximum atomic E-state index is 13.5. The fourth-order valence-corrected chi connectivity index (χ4v) is 4.69. The number of nitrogens with one attached hydrogen (secondary N) is 1. The number of amides is 2. The first-order valence-corrected chi connectivity index (χ1v) is 13.1. The van der Waals surface area contributed by atoms with Crippen LogP contribution in [0.5, 0.6) is 5.75 Å². The third-order valence-corrected chi connectivity index (χ3v) is 7.09. The van der Waals surface area contributed by atoms with Gasteiger partial charge >= 0.3 is 0 Å². The van der Waals surface area contributed by atoms with Gasteiger partial charge in [0.15, 0.2) is 0 Å². The second-order valence-electron chi connectivity index (χ2n) is 9.08. The minimum absolute atomic E-state index is 0.0135. The van der Waals surface area contributed by atoms with Crippen LogP contribution in [0.3, 0.4) is 0 Å². The summed E-state index contributed by atoms with van der Waals surface area (Å²) in [5.74, 6) is 0.689. The molecule has 1 N–H and O–H groups in total. The molecule has 2 aliphatic rings. The van der Waals surface area contributed by atoms with E-state index in [9.17, 15) is 9.59 Å². The Balaban J connectivity index is 1.46. The molecule has 1 heterocycles. The van der Waals surface area contributed by atoms with Gasteiger partial charge in [-0.05, 0) is 54.7 Å². The van der Waals surface area contributed by atoms with Crippen LogP contribution in [0.4, 0.5) is 0 Å². The lowest BCUT2D eigenvalue weighted by molar-refractivity contribution is -0.141. The van der Waals surface area contributed by atoms with Gasteiger partial charge < -0.3 is 19.7 Å². The van der Waals surface area contributed by atoms with E-state index in [1.807, 2.05) is 53.4 Å². The first kappa shape index (κ1) is 25.7. The summed E-state index contributed by atoms with van der Waals surface area (Å²) >= 11 is 3.48. The Bertz CT molecular complexity index is 973. The van der Waals surface area contributed by atoms with E-state index in [-0.39, 0.29) is 17.9 Å².